The molecule has 1 aliphatic rings. The lowest BCUT2D eigenvalue weighted by atomic mass is 10.1. The van der Waals surface area contributed by atoms with Crippen molar-refractivity contribution in [3.63, 3.8) is 0 Å². The Morgan fingerprint density at radius 1 is 1.18 bits per heavy atom. The largest absolute Gasteiger partial charge is 0.326 e. The predicted octanol–water partition coefficient (Wildman–Crippen LogP) is 0.570. The quantitative estimate of drug-likeness (QED) is 0.565. The molecule has 0 bridgehead atoms. The van der Waals surface area contributed by atoms with E-state index in [1.54, 1.807) is 0 Å². The summed E-state index contributed by atoms with van der Waals surface area (Å²) in [5, 5.41) is 0. The molecule has 4 N–H and O–H groups in total. The average molecular weight is 148 g/mol. The van der Waals surface area contributed by atoms with Gasteiger partial charge in [0, 0.05) is 12.1 Å². The molecule has 1 aromatic carbocycles. The van der Waals surface area contributed by atoms with Gasteiger partial charge >= 0.3 is 0 Å². The van der Waals surface area contributed by atoms with E-state index in [-0.39, 0.29) is 12.1 Å². The first-order valence-electron chi connectivity index (χ1n) is 3.88. The minimum Gasteiger partial charge on any atom is -0.326 e. The summed E-state index contributed by atoms with van der Waals surface area (Å²) >= 11 is 0. The van der Waals surface area contributed by atoms with E-state index in [1.165, 1.54) is 11.1 Å². The van der Waals surface area contributed by atoms with Crippen LogP contribution in [0.15, 0.2) is 24.3 Å². The molecule has 0 unspecified atom stereocenters. The topological polar surface area (TPSA) is 52.0 Å². The summed E-state index contributed by atoms with van der Waals surface area (Å²) in [6.07, 6.45) is 0.928. The molecule has 0 saturated carbocycles. The summed E-state index contributed by atoms with van der Waals surface area (Å²) in [4.78, 5) is 0. The van der Waals surface area contributed by atoms with Crippen LogP contribution in [0, 0.1) is 0 Å². The number of benzene rings is 1. The first kappa shape index (κ1) is 6.83. The van der Waals surface area contributed by atoms with Crippen LogP contribution in [0.2, 0.25) is 0 Å². The lowest BCUT2D eigenvalue weighted by Gasteiger charge is -2.08. The molecule has 0 amide bonds. The Balaban J connectivity index is 2.47. The van der Waals surface area contributed by atoms with Crippen molar-refractivity contribution < 1.29 is 0 Å². The molecule has 0 aromatic heterocycles. The Morgan fingerprint density at radius 3 is 2.64 bits per heavy atom. The Morgan fingerprint density at radius 2 is 1.91 bits per heavy atom. The second-order valence-electron chi connectivity index (χ2n) is 3.09. The van der Waals surface area contributed by atoms with Gasteiger partial charge in [-0.2, -0.15) is 0 Å². The van der Waals surface area contributed by atoms with Crippen molar-refractivity contribution >= 4 is 0 Å². The molecule has 0 heterocycles. The lowest BCUT2D eigenvalue weighted by Crippen LogP contribution is -2.30. The van der Waals surface area contributed by atoms with Crippen molar-refractivity contribution in [2.75, 3.05) is 0 Å². The van der Waals surface area contributed by atoms with E-state index < -0.39 is 0 Å². The fourth-order valence-electron chi connectivity index (χ4n) is 1.66. The molecule has 2 heteroatoms. The zero-order valence-corrected chi connectivity index (χ0v) is 6.33. The van der Waals surface area contributed by atoms with Crippen molar-refractivity contribution in [3.8, 4) is 0 Å². The van der Waals surface area contributed by atoms with Crippen molar-refractivity contribution in [2.45, 2.75) is 18.5 Å². The van der Waals surface area contributed by atoms with E-state index in [0.29, 0.717) is 0 Å². The first-order valence-corrected chi connectivity index (χ1v) is 3.88. The normalized spacial score (nSPS) is 28.5. The maximum absolute atomic E-state index is 5.86. The summed E-state index contributed by atoms with van der Waals surface area (Å²) < 4.78 is 0. The van der Waals surface area contributed by atoms with Crippen molar-refractivity contribution in [1.82, 2.24) is 0 Å². The highest BCUT2D eigenvalue weighted by atomic mass is 14.8. The highest BCUT2D eigenvalue weighted by molar-refractivity contribution is 5.36. The minimum absolute atomic E-state index is 0.0474. The number of hydrogen-bond acceptors (Lipinski definition) is 2. The molecule has 0 fully saturated rings. The molecule has 1 aliphatic carbocycles. The van der Waals surface area contributed by atoms with E-state index in [4.69, 9.17) is 11.5 Å². The SMILES string of the molecule is N[C@@H]1Cc2ccccc2[C@H]1N. The molecular formula is C9H12N2. The smallest absolute Gasteiger partial charge is 0.0454 e. The van der Waals surface area contributed by atoms with Crippen molar-refractivity contribution in [3.05, 3.63) is 35.4 Å². The number of nitrogens with two attached hydrogens (primary N) is 2. The van der Waals surface area contributed by atoms with E-state index in [1.807, 2.05) is 12.1 Å². The monoisotopic (exact) mass is 148 g/mol. The van der Waals surface area contributed by atoms with Crippen LogP contribution in [0.5, 0.6) is 0 Å². The number of rotatable bonds is 0. The van der Waals surface area contributed by atoms with Crippen LogP contribution in [-0.2, 0) is 6.42 Å². The summed E-state index contributed by atoms with van der Waals surface area (Å²) in [5.74, 6) is 0. The number of fused-ring (bicyclic) bond motifs is 1. The van der Waals surface area contributed by atoms with Crippen LogP contribution in [0.1, 0.15) is 17.2 Å². The Labute approximate surface area is 66.2 Å². The van der Waals surface area contributed by atoms with Crippen LogP contribution < -0.4 is 11.5 Å². The fourth-order valence-corrected chi connectivity index (χ4v) is 1.66. The molecule has 2 atom stereocenters. The van der Waals surface area contributed by atoms with E-state index in [2.05, 4.69) is 12.1 Å². The molecule has 1 aromatic rings. The van der Waals surface area contributed by atoms with Crippen LogP contribution in [0.3, 0.4) is 0 Å². The Kier molecular flexibility index (Phi) is 1.44. The molecule has 0 spiro atoms. The summed E-state index contributed by atoms with van der Waals surface area (Å²) in [6, 6.07) is 8.37. The third-order valence-electron chi connectivity index (χ3n) is 2.33. The standard InChI is InChI=1S/C9H12N2/c10-8-5-6-3-1-2-4-7(6)9(8)11/h1-4,8-9H,5,10-11H2/t8-,9-/m1/s1. The van der Waals surface area contributed by atoms with Crippen molar-refractivity contribution in [1.29, 1.82) is 0 Å². The van der Waals surface area contributed by atoms with Gasteiger partial charge in [0.1, 0.15) is 0 Å². The van der Waals surface area contributed by atoms with Gasteiger partial charge in [0.05, 0.1) is 0 Å². The molecule has 0 aliphatic heterocycles. The van der Waals surface area contributed by atoms with Gasteiger partial charge in [-0.05, 0) is 17.5 Å². The molecule has 0 saturated heterocycles. The third-order valence-corrected chi connectivity index (χ3v) is 2.33. The number of hydrogen-bond donors (Lipinski definition) is 2. The van der Waals surface area contributed by atoms with Crippen LogP contribution in [-0.4, -0.2) is 6.04 Å². The molecule has 0 radical (unpaired) electrons. The maximum atomic E-state index is 5.86. The van der Waals surface area contributed by atoms with Gasteiger partial charge < -0.3 is 11.5 Å². The van der Waals surface area contributed by atoms with Crippen LogP contribution >= 0.6 is 0 Å². The van der Waals surface area contributed by atoms with E-state index >= 15 is 0 Å². The second kappa shape index (κ2) is 2.32. The van der Waals surface area contributed by atoms with Crippen LogP contribution in [0.4, 0.5) is 0 Å². The molecule has 58 valence electrons. The van der Waals surface area contributed by atoms with Gasteiger partial charge in [-0.25, -0.2) is 0 Å². The summed E-state index contributed by atoms with van der Waals surface area (Å²) in [7, 11) is 0. The van der Waals surface area contributed by atoms with Gasteiger partial charge in [-0.1, -0.05) is 24.3 Å². The van der Waals surface area contributed by atoms with Gasteiger partial charge in [0.2, 0.25) is 0 Å². The predicted molar refractivity (Wildman–Crippen MR) is 45.0 cm³/mol. The zero-order valence-electron chi connectivity index (χ0n) is 6.33. The van der Waals surface area contributed by atoms with Gasteiger partial charge in [-0.3, -0.25) is 0 Å². The van der Waals surface area contributed by atoms with Crippen molar-refractivity contribution in [2.24, 2.45) is 11.5 Å². The van der Waals surface area contributed by atoms with E-state index in [9.17, 15) is 0 Å². The highest BCUT2D eigenvalue weighted by Gasteiger charge is 2.25. The van der Waals surface area contributed by atoms with Gasteiger partial charge in [0.25, 0.3) is 0 Å². The Bertz CT molecular complexity index is 270. The molecule has 2 nitrogen and oxygen atoms in total. The summed E-state index contributed by atoms with van der Waals surface area (Å²) in [6.45, 7) is 0. The maximum Gasteiger partial charge on any atom is 0.0454 e. The molecule has 11 heavy (non-hydrogen) atoms. The zero-order chi connectivity index (χ0) is 7.84. The average Bonchev–Trinajstić information content (AvgIpc) is 2.30. The first-order chi connectivity index (χ1) is 5.29. The lowest BCUT2D eigenvalue weighted by molar-refractivity contribution is 0.593. The van der Waals surface area contributed by atoms with Gasteiger partial charge in [0.15, 0.2) is 0 Å². The minimum atomic E-state index is 0.0474. The molecular weight excluding hydrogens is 136 g/mol. The van der Waals surface area contributed by atoms with E-state index in [0.717, 1.165) is 6.42 Å². The second-order valence-corrected chi connectivity index (χ2v) is 3.09. The third kappa shape index (κ3) is 0.951. The Hall–Kier alpha value is -0.860. The highest BCUT2D eigenvalue weighted by Crippen LogP contribution is 2.27. The summed E-state index contributed by atoms with van der Waals surface area (Å²) in [5.41, 5.74) is 14.2. The fraction of sp³-hybridized carbons (Fsp3) is 0.333. The van der Waals surface area contributed by atoms with Gasteiger partial charge in [-0.15, -0.1) is 0 Å². The van der Waals surface area contributed by atoms with Crippen LogP contribution in [0.25, 0.3) is 0 Å². The molecule has 2 rings (SSSR count).